The first kappa shape index (κ1) is 15.0. The van der Waals surface area contributed by atoms with Crippen molar-refractivity contribution in [1.29, 1.82) is 0 Å². The highest BCUT2D eigenvalue weighted by molar-refractivity contribution is 6.33. The predicted molar refractivity (Wildman–Crippen MR) is 81.0 cm³/mol. The van der Waals surface area contributed by atoms with Crippen molar-refractivity contribution in [2.45, 2.75) is 25.3 Å². The Balaban J connectivity index is 1.85. The Morgan fingerprint density at radius 2 is 1.91 bits per heavy atom. The monoisotopic (exact) mass is 321 g/mol. The molecule has 0 unspecified atom stereocenters. The van der Waals surface area contributed by atoms with E-state index in [0.717, 1.165) is 37.0 Å². The number of halogens is 3. The minimum atomic E-state index is -1.08. The van der Waals surface area contributed by atoms with Gasteiger partial charge < -0.3 is 5.32 Å². The van der Waals surface area contributed by atoms with Crippen LogP contribution in [0.4, 0.5) is 8.78 Å². The lowest BCUT2D eigenvalue weighted by Gasteiger charge is -2.26. The minimum absolute atomic E-state index is 0.0522. The van der Waals surface area contributed by atoms with Crippen LogP contribution in [0.2, 0.25) is 5.02 Å². The van der Waals surface area contributed by atoms with Crippen molar-refractivity contribution >= 4 is 17.5 Å². The molecule has 0 saturated carbocycles. The lowest BCUT2D eigenvalue weighted by Crippen LogP contribution is -2.31. The average molecular weight is 322 g/mol. The first-order chi connectivity index (χ1) is 10.6. The van der Waals surface area contributed by atoms with Crippen molar-refractivity contribution in [2.24, 2.45) is 0 Å². The Morgan fingerprint density at radius 1 is 1.18 bits per heavy atom. The van der Waals surface area contributed by atoms with Gasteiger partial charge in [0.1, 0.15) is 0 Å². The van der Waals surface area contributed by atoms with Gasteiger partial charge in [0.25, 0.3) is 5.91 Å². The highest BCUT2D eigenvalue weighted by atomic mass is 35.5. The molecular formula is C17H14ClF2NO. The summed E-state index contributed by atoms with van der Waals surface area (Å²) in [5.74, 6) is -2.64. The predicted octanol–water partition coefficient (Wildman–Crippen LogP) is 4.43. The SMILES string of the molecule is O=C(N[C@H]1CCCc2ccccc21)c1cc(F)c(F)cc1Cl. The largest absolute Gasteiger partial charge is 0.345 e. The zero-order valence-electron chi connectivity index (χ0n) is 11.7. The fourth-order valence-electron chi connectivity index (χ4n) is 2.84. The van der Waals surface area contributed by atoms with E-state index in [-0.39, 0.29) is 16.6 Å². The molecule has 1 atom stereocenters. The molecule has 0 bridgehead atoms. The molecule has 0 radical (unpaired) electrons. The molecule has 0 spiro atoms. The number of amides is 1. The van der Waals surface area contributed by atoms with Crippen molar-refractivity contribution < 1.29 is 13.6 Å². The van der Waals surface area contributed by atoms with Gasteiger partial charge >= 0.3 is 0 Å². The second-order valence-corrected chi connectivity index (χ2v) is 5.77. The average Bonchev–Trinajstić information content (AvgIpc) is 2.51. The third-order valence-electron chi connectivity index (χ3n) is 3.93. The van der Waals surface area contributed by atoms with E-state index >= 15 is 0 Å². The van der Waals surface area contributed by atoms with Gasteiger partial charge in [-0.2, -0.15) is 0 Å². The van der Waals surface area contributed by atoms with E-state index < -0.39 is 17.5 Å². The maximum Gasteiger partial charge on any atom is 0.253 e. The molecule has 3 rings (SSSR count). The van der Waals surface area contributed by atoms with E-state index in [1.165, 1.54) is 5.56 Å². The molecule has 0 aliphatic heterocycles. The van der Waals surface area contributed by atoms with Crippen LogP contribution in [0.25, 0.3) is 0 Å². The summed E-state index contributed by atoms with van der Waals surface area (Å²) in [6.07, 6.45) is 2.76. The summed E-state index contributed by atoms with van der Waals surface area (Å²) in [5.41, 5.74) is 2.22. The molecule has 0 aromatic heterocycles. The molecule has 1 aliphatic carbocycles. The highest BCUT2D eigenvalue weighted by Crippen LogP contribution is 2.30. The third-order valence-corrected chi connectivity index (χ3v) is 4.24. The van der Waals surface area contributed by atoms with Crippen LogP contribution in [0.3, 0.4) is 0 Å². The second-order valence-electron chi connectivity index (χ2n) is 5.36. The summed E-state index contributed by atoms with van der Waals surface area (Å²) in [6, 6.07) is 9.43. The standard InChI is InChI=1S/C17H14ClF2NO/c18-13-9-15(20)14(19)8-12(13)17(22)21-16-7-3-5-10-4-1-2-6-11(10)16/h1-2,4,6,8-9,16H,3,5,7H2,(H,21,22)/t16-/m0/s1. The van der Waals surface area contributed by atoms with Crippen LogP contribution >= 0.6 is 11.6 Å². The Labute approximate surface area is 132 Å². The van der Waals surface area contributed by atoms with E-state index in [1.807, 2.05) is 24.3 Å². The number of carbonyl (C=O) groups excluding carboxylic acids is 1. The van der Waals surface area contributed by atoms with Crippen molar-refractivity contribution in [3.05, 3.63) is 69.7 Å². The fourth-order valence-corrected chi connectivity index (χ4v) is 3.07. The number of hydrogen-bond acceptors (Lipinski definition) is 1. The summed E-state index contributed by atoms with van der Waals surface area (Å²) in [7, 11) is 0. The van der Waals surface area contributed by atoms with Crippen LogP contribution in [0.1, 0.15) is 40.4 Å². The Bertz CT molecular complexity index is 733. The molecular weight excluding hydrogens is 308 g/mol. The van der Waals surface area contributed by atoms with Crippen LogP contribution in [-0.2, 0) is 6.42 Å². The topological polar surface area (TPSA) is 29.1 Å². The van der Waals surface area contributed by atoms with Gasteiger partial charge in [-0.05, 0) is 42.5 Å². The van der Waals surface area contributed by atoms with Crippen LogP contribution in [0.5, 0.6) is 0 Å². The Kier molecular flexibility index (Phi) is 4.12. The lowest BCUT2D eigenvalue weighted by atomic mass is 9.87. The van der Waals surface area contributed by atoms with Gasteiger partial charge in [-0.25, -0.2) is 8.78 Å². The Hall–Kier alpha value is -1.94. The summed E-state index contributed by atoms with van der Waals surface area (Å²) < 4.78 is 26.4. The van der Waals surface area contributed by atoms with Gasteiger partial charge in [0.15, 0.2) is 11.6 Å². The minimum Gasteiger partial charge on any atom is -0.345 e. The molecule has 5 heteroatoms. The van der Waals surface area contributed by atoms with E-state index in [4.69, 9.17) is 11.6 Å². The van der Waals surface area contributed by atoms with Crippen molar-refractivity contribution in [2.75, 3.05) is 0 Å². The molecule has 2 nitrogen and oxygen atoms in total. The van der Waals surface area contributed by atoms with Gasteiger partial charge in [-0.3, -0.25) is 4.79 Å². The Morgan fingerprint density at radius 3 is 2.73 bits per heavy atom. The number of carbonyl (C=O) groups is 1. The number of nitrogens with one attached hydrogen (secondary N) is 1. The number of rotatable bonds is 2. The smallest absolute Gasteiger partial charge is 0.253 e. The molecule has 22 heavy (non-hydrogen) atoms. The quantitative estimate of drug-likeness (QED) is 0.815. The fraction of sp³-hybridized carbons (Fsp3) is 0.235. The molecule has 1 N–H and O–H groups in total. The van der Waals surface area contributed by atoms with E-state index in [0.29, 0.717) is 0 Å². The van der Waals surface area contributed by atoms with Crippen LogP contribution in [0, 0.1) is 11.6 Å². The lowest BCUT2D eigenvalue weighted by molar-refractivity contribution is 0.0932. The van der Waals surface area contributed by atoms with Gasteiger partial charge in [-0.1, -0.05) is 35.9 Å². The number of benzene rings is 2. The second kappa shape index (κ2) is 6.05. The maximum atomic E-state index is 13.3. The number of hydrogen-bond donors (Lipinski definition) is 1. The maximum absolute atomic E-state index is 13.3. The molecule has 1 amide bonds. The van der Waals surface area contributed by atoms with Crippen molar-refractivity contribution in [3.8, 4) is 0 Å². The summed E-state index contributed by atoms with van der Waals surface area (Å²) in [5, 5.41) is 2.77. The van der Waals surface area contributed by atoms with E-state index in [1.54, 1.807) is 0 Å². The summed E-state index contributed by atoms with van der Waals surface area (Å²) in [4.78, 5) is 12.3. The number of aryl methyl sites for hydroxylation is 1. The van der Waals surface area contributed by atoms with Gasteiger partial charge in [0.2, 0.25) is 0 Å². The highest BCUT2D eigenvalue weighted by Gasteiger charge is 2.23. The number of fused-ring (bicyclic) bond motifs is 1. The van der Waals surface area contributed by atoms with Gasteiger partial charge in [0, 0.05) is 0 Å². The summed E-state index contributed by atoms with van der Waals surface area (Å²) >= 11 is 5.85. The van der Waals surface area contributed by atoms with E-state index in [2.05, 4.69) is 5.32 Å². The van der Waals surface area contributed by atoms with Crippen LogP contribution in [0.15, 0.2) is 36.4 Å². The molecule has 0 saturated heterocycles. The first-order valence-corrected chi connectivity index (χ1v) is 7.47. The molecule has 2 aromatic rings. The van der Waals surface area contributed by atoms with E-state index in [9.17, 15) is 13.6 Å². The zero-order valence-corrected chi connectivity index (χ0v) is 12.5. The molecule has 2 aromatic carbocycles. The normalized spacial score (nSPS) is 17.0. The van der Waals surface area contributed by atoms with Crippen molar-refractivity contribution in [3.63, 3.8) is 0 Å². The van der Waals surface area contributed by atoms with Gasteiger partial charge in [-0.15, -0.1) is 0 Å². The first-order valence-electron chi connectivity index (χ1n) is 7.09. The molecule has 0 fully saturated rings. The molecule has 0 heterocycles. The van der Waals surface area contributed by atoms with Gasteiger partial charge in [0.05, 0.1) is 16.6 Å². The van der Waals surface area contributed by atoms with Crippen LogP contribution < -0.4 is 5.32 Å². The van der Waals surface area contributed by atoms with Crippen molar-refractivity contribution in [1.82, 2.24) is 5.32 Å². The third kappa shape index (κ3) is 2.83. The molecule has 114 valence electrons. The van der Waals surface area contributed by atoms with Crippen LogP contribution in [-0.4, -0.2) is 5.91 Å². The molecule has 1 aliphatic rings. The summed E-state index contributed by atoms with van der Waals surface area (Å²) in [6.45, 7) is 0. The zero-order chi connectivity index (χ0) is 15.7.